The Labute approximate surface area is 152 Å². The van der Waals surface area contributed by atoms with Gasteiger partial charge in [0.25, 0.3) is 5.91 Å². The fourth-order valence-corrected chi connectivity index (χ4v) is 3.11. The lowest BCUT2D eigenvalue weighted by atomic mass is 10.1. The molecule has 0 saturated carbocycles. The second-order valence-electron chi connectivity index (χ2n) is 6.35. The second kappa shape index (κ2) is 8.55. The molecule has 1 saturated heterocycles. The van der Waals surface area contributed by atoms with Gasteiger partial charge in [-0.15, -0.1) is 0 Å². The monoisotopic (exact) mass is 353 g/mol. The molecule has 1 aliphatic rings. The summed E-state index contributed by atoms with van der Waals surface area (Å²) in [6.07, 6.45) is 6.97. The highest BCUT2D eigenvalue weighted by Gasteiger charge is 2.26. The van der Waals surface area contributed by atoms with Gasteiger partial charge in [-0.3, -0.25) is 19.9 Å². The van der Waals surface area contributed by atoms with Crippen LogP contribution < -0.4 is 10.8 Å². The van der Waals surface area contributed by atoms with Gasteiger partial charge in [-0.05, 0) is 25.0 Å². The largest absolute Gasteiger partial charge is 0.365 e. The normalized spacial score (nSPS) is 18.8. The maximum Gasteiger partial charge on any atom is 0.267 e. The quantitative estimate of drug-likeness (QED) is 0.419. The van der Waals surface area contributed by atoms with Gasteiger partial charge < -0.3 is 5.32 Å². The molecular formula is C19H23N5O2. The summed E-state index contributed by atoms with van der Waals surface area (Å²) in [5.74, 6) is 0.112. The Morgan fingerprint density at radius 2 is 2.12 bits per heavy atom. The van der Waals surface area contributed by atoms with E-state index in [0.717, 1.165) is 19.5 Å². The number of hydroxylamine groups is 1. The topological polar surface area (TPSA) is 90.4 Å². The standard InChI is InChI=1S/C19H23N5O2/c1-14(15-5-3-2-4-6-15)24-10-9-17(13-24)22-18-12-20-16(11-21-18)7-8-19(25)23-26/h2-8,11-12,14,17,26H,9-10,13H2,1H3,(H,21,22)(H,23,25)/t14?,17-/m1/s1. The Bertz CT molecular complexity index is 748. The van der Waals surface area contributed by atoms with Crippen LogP contribution in [0, 0.1) is 0 Å². The number of nitrogens with zero attached hydrogens (tertiary/aromatic N) is 3. The molecule has 26 heavy (non-hydrogen) atoms. The van der Waals surface area contributed by atoms with E-state index < -0.39 is 5.91 Å². The summed E-state index contributed by atoms with van der Waals surface area (Å²) in [7, 11) is 0. The molecule has 1 amide bonds. The van der Waals surface area contributed by atoms with Crippen molar-refractivity contribution >= 4 is 17.8 Å². The molecule has 2 heterocycles. The maximum absolute atomic E-state index is 11.0. The molecule has 1 aliphatic heterocycles. The summed E-state index contributed by atoms with van der Waals surface area (Å²) in [5.41, 5.74) is 3.40. The summed E-state index contributed by atoms with van der Waals surface area (Å²) in [6, 6.07) is 11.2. The van der Waals surface area contributed by atoms with Crippen LogP contribution in [0.3, 0.4) is 0 Å². The van der Waals surface area contributed by atoms with Crippen LogP contribution in [0.1, 0.15) is 30.6 Å². The number of rotatable bonds is 6. The third kappa shape index (κ3) is 4.65. The summed E-state index contributed by atoms with van der Waals surface area (Å²) in [5, 5.41) is 11.9. The fourth-order valence-electron chi connectivity index (χ4n) is 3.11. The van der Waals surface area contributed by atoms with Crippen LogP contribution in [0.4, 0.5) is 5.82 Å². The number of benzene rings is 1. The molecule has 1 aromatic heterocycles. The lowest BCUT2D eigenvalue weighted by Gasteiger charge is -2.24. The lowest BCUT2D eigenvalue weighted by molar-refractivity contribution is -0.124. The first-order chi connectivity index (χ1) is 12.7. The van der Waals surface area contributed by atoms with Crippen LogP contribution in [-0.4, -0.2) is 45.1 Å². The smallest absolute Gasteiger partial charge is 0.267 e. The minimum Gasteiger partial charge on any atom is -0.365 e. The number of hydrogen-bond donors (Lipinski definition) is 3. The van der Waals surface area contributed by atoms with Crippen molar-refractivity contribution in [3.8, 4) is 0 Å². The van der Waals surface area contributed by atoms with E-state index in [9.17, 15) is 4.79 Å². The molecule has 2 aromatic rings. The summed E-state index contributed by atoms with van der Waals surface area (Å²) in [6.45, 7) is 4.23. The Morgan fingerprint density at radius 1 is 1.31 bits per heavy atom. The van der Waals surface area contributed by atoms with Crippen LogP contribution in [0.2, 0.25) is 0 Å². The van der Waals surface area contributed by atoms with Crippen LogP contribution in [-0.2, 0) is 4.79 Å². The number of nitrogens with one attached hydrogen (secondary N) is 2. The van der Waals surface area contributed by atoms with Gasteiger partial charge in [-0.2, -0.15) is 0 Å². The van der Waals surface area contributed by atoms with Gasteiger partial charge in [-0.1, -0.05) is 30.3 Å². The SMILES string of the molecule is CC(c1ccccc1)N1CC[C@@H](Nc2cnc(C=CC(=O)NO)cn2)C1. The molecule has 0 bridgehead atoms. The van der Waals surface area contributed by atoms with Gasteiger partial charge in [0, 0.05) is 31.2 Å². The van der Waals surface area contributed by atoms with Crippen LogP contribution >= 0.6 is 0 Å². The van der Waals surface area contributed by atoms with E-state index in [1.165, 1.54) is 23.2 Å². The van der Waals surface area contributed by atoms with Crippen LogP contribution in [0.15, 0.2) is 48.8 Å². The highest BCUT2D eigenvalue weighted by molar-refractivity contribution is 5.90. The Hall–Kier alpha value is -2.77. The van der Waals surface area contributed by atoms with E-state index in [1.807, 2.05) is 6.07 Å². The molecule has 3 N–H and O–H groups in total. The van der Waals surface area contributed by atoms with E-state index in [2.05, 4.69) is 51.4 Å². The van der Waals surface area contributed by atoms with Gasteiger partial charge in [0.1, 0.15) is 5.82 Å². The van der Waals surface area contributed by atoms with Gasteiger partial charge in [0.2, 0.25) is 0 Å². The molecule has 7 nitrogen and oxygen atoms in total. The number of anilines is 1. The molecule has 0 spiro atoms. The Balaban J connectivity index is 1.54. The van der Waals surface area contributed by atoms with Crippen molar-refractivity contribution < 1.29 is 10.0 Å². The molecule has 1 aromatic carbocycles. The molecule has 1 unspecified atom stereocenters. The van der Waals surface area contributed by atoms with Crippen molar-refractivity contribution in [2.45, 2.75) is 25.4 Å². The zero-order valence-corrected chi connectivity index (χ0v) is 14.7. The summed E-state index contributed by atoms with van der Waals surface area (Å²) < 4.78 is 0. The fraction of sp³-hybridized carbons (Fsp3) is 0.316. The molecule has 136 valence electrons. The number of carbonyl (C=O) groups is 1. The Kier molecular flexibility index (Phi) is 5.93. The van der Waals surface area contributed by atoms with E-state index in [4.69, 9.17) is 5.21 Å². The highest BCUT2D eigenvalue weighted by atomic mass is 16.5. The van der Waals surface area contributed by atoms with Gasteiger partial charge in [-0.25, -0.2) is 10.5 Å². The van der Waals surface area contributed by atoms with Crippen molar-refractivity contribution in [1.29, 1.82) is 0 Å². The molecule has 7 heteroatoms. The first kappa shape index (κ1) is 18.0. The lowest BCUT2D eigenvalue weighted by Crippen LogP contribution is -2.28. The molecule has 3 rings (SSSR count). The van der Waals surface area contributed by atoms with Crippen LogP contribution in [0.25, 0.3) is 6.08 Å². The predicted octanol–water partition coefficient (Wildman–Crippen LogP) is 2.24. The molecule has 0 aliphatic carbocycles. The minimum absolute atomic E-state index is 0.331. The number of hydrogen-bond acceptors (Lipinski definition) is 6. The molecule has 1 fully saturated rings. The van der Waals surface area contributed by atoms with Crippen LogP contribution in [0.5, 0.6) is 0 Å². The number of aromatic nitrogens is 2. The molecule has 0 radical (unpaired) electrons. The highest BCUT2D eigenvalue weighted by Crippen LogP contribution is 2.25. The average molecular weight is 353 g/mol. The van der Waals surface area contributed by atoms with Crippen molar-refractivity contribution in [3.63, 3.8) is 0 Å². The molecular weight excluding hydrogens is 330 g/mol. The van der Waals surface area contributed by atoms with Gasteiger partial charge >= 0.3 is 0 Å². The van der Waals surface area contributed by atoms with Gasteiger partial charge in [0.05, 0.1) is 18.1 Å². The summed E-state index contributed by atoms with van der Waals surface area (Å²) in [4.78, 5) is 22.0. The van der Waals surface area contributed by atoms with E-state index in [0.29, 0.717) is 23.6 Å². The summed E-state index contributed by atoms with van der Waals surface area (Å²) >= 11 is 0. The van der Waals surface area contributed by atoms with Crippen molar-refractivity contribution in [2.75, 3.05) is 18.4 Å². The number of amides is 1. The Morgan fingerprint density at radius 3 is 2.81 bits per heavy atom. The zero-order valence-electron chi connectivity index (χ0n) is 14.7. The average Bonchev–Trinajstić information content (AvgIpc) is 3.15. The third-order valence-electron chi connectivity index (χ3n) is 4.59. The first-order valence-corrected chi connectivity index (χ1v) is 8.65. The second-order valence-corrected chi connectivity index (χ2v) is 6.35. The van der Waals surface area contributed by atoms with E-state index in [1.54, 1.807) is 12.4 Å². The zero-order chi connectivity index (χ0) is 18.4. The number of carbonyl (C=O) groups excluding carboxylic acids is 1. The van der Waals surface area contributed by atoms with Crippen molar-refractivity contribution in [1.82, 2.24) is 20.3 Å². The predicted molar refractivity (Wildman–Crippen MR) is 99.5 cm³/mol. The van der Waals surface area contributed by atoms with E-state index in [-0.39, 0.29) is 0 Å². The molecule has 2 atom stereocenters. The maximum atomic E-state index is 11.0. The van der Waals surface area contributed by atoms with E-state index >= 15 is 0 Å². The number of likely N-dealkylation sites (tertiary alicyclic amines) is 1. The first-order valence-electron chi connectivity index (χ1n) is 8.65. The van der Waals surface area contributed by atoms with Crippen molar-refractivity contribution in [3.05, 3.63) is 60.1 Å². The van der Waals surface area contributed by atoms with Crippen molar-refractivity contribution in [2.24, 2.45) is 0 Å². The van der Waals surface area contributed by atoms with Gasteiger partial charge in [0.15, 0.2) is 0 Å². The third-order valence-corrected chi connectivity index (χ3v) is 4.59. The minimum atomic E-state index is -0.604.